The fourth-order valence-electron chi connectivity index (χ4n) is 1.99. The van der Waals surface area contributed by atoms with Crippen LogP contribution >= 0.6 is 0 Å². The zero-order valence-electron chi connectivity index (χ0n) is 11.8. The number of carbonyl (C=O) groups is 3. The van der Waals surface area contributed by atoms with E-state index in [4.69, 9.17) is 9.47 Å². The smallest absolute Gasteiger partial charge is 0.342 e. The minimum atomic E-state index is -1.05. The molecule has 21 heavy (non-hydrogen) atoms. The van der Waals surface area contributed by atoms with Crippen molar-refractivity contribution in [1.29, 1.82) is 0 Å². The molecule has 1 aromatic carbocycles. The van der Waals surface area contributed by atoms with Crippen LogP contribution in [-0.4, -0.2) is 49.1 Å². The largest absolute Gasteiger partial charge is 0.496 e. The molecular weight excluding hydrogens is 276 g/mol. The molecule has 0 spiro atoms. The van der Waals surface area contributed by atoms with Crippen molar-refractivity contribution in [2.24, 2.45) is 0 Å². The highest BCUT2D eigenvalue weighted by Crippen LogP contribution is 2.19. The van der Waals surface area contributed by atoms with Gasteiger partial charge in [-0.3, -0.25) is 9.69 Å². The molecule has 0 radical (unpaired) electrons. The lowest BCUT2D eigenvalue weighted by molar-refractivity contribution is -0.136. The van der Waals surface area contributed by atoms with Crippen LogP contribution in [0.25, 0.3) is 0 Å². The molecule has 3 amide bonds. The number of hydrogen-bond acceptors (Lipinski definition) is 5. The number of esters is 1. The maximum atomic E-state index is 12.1. The van der Waals surface area contributed by atoms with Crippen LogP contribution < -0.4 is 10.1 Å². The van der Waals surface area contributed by atoms with Crippen molar-refractivity contribution in [3.05, 3.63) is 29.8 Å². The Morgan fingerprint density at radius 2 is 2.05 bits per heavy atom. The van der Waals surface area contributed by atoms with E-state index in [0.717, 1.165) is 4.90 Å². The summed E-state index contributed by atoms with van der Waals surface area (Å²) in [6, 6.07) is 6.08. The number of urea groups is 1. The molecule has 1 aliphatic rings. The molecule has 1 atom stereocenters. The molecule has 0 bridgehead atoms. The van der Waals surface area contributed by atoms with Crippen molar-refractivity contribution in [3.8, 4) is 5.75 Å². The third kappa shape index (κ3) is 3.13. The zero-order chi connectivity index (χ0) is 15.4. The third-order valence-electron chi connectivity index (χ3n) is 3.08. The first-order valence-corrected chi connectivity index (χ1v) is 6.47. The van der Waals surface area contributed by atoms with Gasteiger partial charge in [-0.1, -0.05) is 12.1 Å². The van der Waals surface area contributed by atoms with E-state index in [-0.39, 0.29) is 12.1 Å². The normalized spacial score (nSPS) is 15.3. The number of methoxy groups -OCH3 is 1. The van der Waals surface area contributed by atoms with Gasteiger partial charge in [0.05, 0.1) is 7.11 Å². The molecule has 0 aromatic heterocycles. The van der Waals surface area contributed by atoms with Crippen LogP contribution in [0, 0.1) is 0 Å². The van der Waals surface area contributed by atoms with Crippen LogP contribution in [0.15, 0.2) is 24.3 Å². The first-order valence-electron chi connectivity index (χ1n) is 6.47. The Balaban J connectivity index is 2.05. The van der Waals surface area contributed by atoms with Gasteiger partial charge in [-0.15, -0.1) is 0 Å². The lowest BCUT2D eigenvalue weighted by Crippen LogP contribution is -2.41. The molecule has 0 aliphatic carbocycles. The summed E-state index contributed by atoms with van der Waals surface area (Å²) >= 11 is 0. The molecule has 1 fully saturated rings. The van der Waals surface area contributed by atoms with Gasteiger partial charge in [0.15, 0.2) is 6.10 Å². The number of para-hydroxylation sites is 1. The predicted molar refractivity (Wildman–Crippen MR) is 73.0 cm³/mol. The molecule has 1 heterocycles. The van der Waals surface area contributed by atoms with Gasteiger partial charge < -0.3 is 14.8 Å². The standard InChI is InChI=1S/C14H16N2O5/c1-9(12(17)16-8-7-15-14(16)19)21-13(18)10-5-3-4-6-11(10)20-2/h3-6,9H,7-8H2,1-2H3,(H,15,19). The fourth-order valence-corrected chi connectivity index (χ4v) is 1.99. The summed E-state index contributed by atoms with van der Waals surface area (Å²) in [4.78, 5) is 36.5. The van der Waals surface area contributed by atoms with Gasteiger partial charge >= 0.3 is 12.0 Å². The second-order valence-electron chi connectivity index (χ2n) is 4.47. The quantitative estimate of drug-likeness (QED) is 0.829. The van der Waals surface area contributed by atoms with Gasteiger partial charge in [-0.25, -0.2) is 9.59 Å². The predicted octanol–water partition coefficient (Wildman–Crippen LogP) is 0.792. The van der Waals surface area contributed by atoms with E-state index in [2.05, 4.69) is 5.32 Å². The van der Waals surface area contributed by atoms with E-state index in [0.29, 0.717) is 12.3 Å². The van der Waals surface area contributed by atoms with Crippen LogP contribution in [0.1, 0.15) is 17.3 Å². The number of nitrogens with zero attached hydrogens (tertiary/aromatic N) is 1. The molecular formula is C14H16N2O5. The van der Waals surface area contributed by atoms with Crippen molar-refractivity contribution in [3.63, 3.8) is 0 Å². The second kappa shape index (κ2) is 6.25. The summed E-state index contributed by atoms with van der Waals surface area (Å²) in [7, 11) is 1.44. The van der Waals surface area contributed by atoms with Crippen molar-refractivity contribution in [2.45, 2.75) is 13.0 Å². The molecule has 1 N–H and O–H groups in total. The van der Waals surface area contributed by atoms with Crippen LogP contribution in [0.2, 0.25) is 0 Å². The van der Waals surface area contributed by atoms with Crippen molar-refractivity contribution in [2.75, 3.05) is 20.2 Å². The third-order valence-corrected chi connectivity index (χ3v) is 3.08. The van der Waals surface area contributed by atoms with Gasteiger partial charge in [0.1, 0.15) is 11.3 Å². The topological polar surface area (TPSA) is 84.9 Å². The molecule has 1 aliphatic heterocycles. The molecule has 1 unspecified atom stereocenters. The van der Waals surface area contributed by atoms with E-state index in [1.165, 1.54) is 14.0 Å². The van der Waals surface area contributed by atoms with Gasteiger partial charge in [0, 0.05) is 13.1 Å². The molecule has 7 nitrogen and oxygen atoms in total. The number of carbonyl (C=O) groups excluding carboxylic acids is 3. The highest BCUT2D eigenvalue weighted by atomic mass is 16.5. The Kier molecular flexibility index (Phi) is 4.42. The molecule has 1 saturated heterocycles. The Bertz CT molecular complexity index is 572. The van der Waals surface area contributed by atoms with Crippen molar-refractivity contribution < 1.29 is 23.9 Å². The van der Waals surface area contributed by atoms with Gasteiger partial charge in [-0.2, -0.15) is 0 Å². The van der Waals surface area contributed by atoms with Gasteiger partial charge in [-0.05, 0) is 19.1 Å². The van der Waals surface area contributed by atoms with Crippen molar-refractivity contribution in [1.82, 2.24) is 10.2 Å². The SMILES string of the molecule is COc1ccccc1C(=O)OC(C)C(=O)N1CCNC1=O. The Morgan fingerprint density at radius 1 is 1.33 bits per heavy atom. The molecule has 112 valence electrons. The summed E-state index contributed by atoms with van der Waals surface area (Å²) in [5.41, 5.74) is 0.227. The minimum absolute atomic E-state index is 0.227. The number of hydrogen-bond donors (Lipinski definition) is 1. The average molecular weight is 292 g/mol. The number of benzene rings is 1. The molecule has 2 rings (SSSR count). The van der Waals surface area contributed by atoms with Crippen LogP contribution in [-0.2, 0) is 9.53 Å². The number of imide groups is 1. The van der Waals surface area contributed by atoms with E-state index < -0.39 is 24.0 Å². The fraction of sp³-hybridized carbons (Fsp3) is 0.357. The first kappa shape index (κ1) is 14.8. The van der Waals surface area contributed by atoms with Crippen LogP contribution in [0.3, 0.4) is 0 Å². The summed E-state index contributed by atoms with van der Waals surface area (Å²) in [5.74, 6) is -0.859. The Morgan fingerprint density at radius 3 is 2.67 bits per heavy atom. The summed E-state index contributed by atoms with van der Waals surface area (Å²) in [6.07, 6.45) is -1.05. The highest BCUT2D eigenvalue weighted by molar-refractivity contribution is 6.00. The Labute approximate surface area is 121 Å². The molecule has 7 heteroatoms. The number of ether oxygens (including phenoxy) is 2. The monoisotopic (exact) mass is 292 g/mol. The van der Waals surface area contributed by atoms with Crippen LogP contribution in [0.4, 0.5) is 4.79 Å². The maximum absolute atomic E-state index is 12.1. The Hall–Kier alpha value is -2.57. The number of rotatable bonds is 4. The number of nitrogens with one attached hydrogen (secondary N) is 1. The lowest BCUT2D eigenvalue weighted by atomic mass is 10.2. The van der Waals surface area contributed by atoms with Gasteiger partial charge in [0.2, 0.25) is 0 Å². The summed E-state index contributed by atoms with van der Waals surface area (Å²) in [6.45, 7) is 2.10. The van der Waals surface area contributed by atoms with E-state index in [1.807, 2.05) is 0 Å². The van der Waals surface area contributed by atoms with Crippen molar-refractivity contribution >= 4 is 17.9 Å². The van der Waals surface area contributed by atoms with Gasteiger partial charge in [0.25, 0.3) is 5.91 Å². The summed E-state index contributed by atoms with van der Waals surface area (Å²) in [5, 5.41) is 2.51. The first-order chi connectivity index (χ1) is 10.0. The second-order valence-corrected chi connectivity index (χ2v) is 4.47. The summed E-state index contributed by atoms with van der Waals surface area (Å²) < 4.78 is 10.2. The van der Waals surface area contributed by atoms with E-state index in [1.54, 1.807) is 24.3 Å². The number of amides is 3. The molecule has 1 aromatic rings. The maximum Gasteiger partial charge on any atom is 0.342 e. The van der Waals surface area contributed by atoms with Crippen LogP contribution in [0.5, 0.6) is 5.75 Å². The average Bonchev–Trinajstić information content (AvgIpc) is 2.92. The van der Waals surface area contributed by atoms with E-state index >= 15 is 0 Å². The molecule has 0 saturated carbocycles. The highest BCUT2D eigenvalue weighted by Gasteiger charge is 2.32. The van der Waals surface area contributed by atoms with E-state index in [9.17, 15) is 14.4 Å². The zero-order valence-corrected chi connectivity index (χ0v) is 11.8. The lowest BCUT2D eigenvalue weighted by Gasteiger charge is -2.18. The minimum Gasteiger partial charge on any atom is -0.496 e.